The molecule has 1 unspecified atom stereocenters. The largest absolute Gasteiger partial charge is 0.450 e. The Morgan fingerprint density at radius 3 is 1.52 bits per heavy atom. The monoisotopic (exact) mass is 1100 g/mol. The number of carbonyl (C=O) groups is 9. The van der Waals surface area contributed by atoms with Crippen molar-refractivity contribution in [3.05, 3.63) is 71.8 Å². The summed E-state index contributed by atoms with van der Waals surface area (Å²) in [6.07, 6.45) is -1.35. The van der Waals surface area contributed by atoms with Crippen LogP contribution in [-0.4, -0.2) is 178 Å². The lowest BCUT2D eigenvalue weighted by atomic mass is 9.94. The van der Waals surface area contributed by atoms with Crippen LogP contribution in [0.4, 0.5) is 0 Å². The van der Waals surface area contributed by atoms with Crippen LogP contribution in [0.5, 0.6) is 0 Å². The summed E-state index contributed by atoms with van der Waals surface area (Å²) in [5.74, 6) is -8.54. The van der Waals surface area contributed by atoms with Gasteiger partial charge < -0.3 is 50.3 Å². The van der Waals surface area contributed by atoms with Crippen molar-refractivity contribution >= 4 is 53.2 Å². The van der Waals surface area contributed by atoms with E-state index in [1.807, 2.05) is 76.2 Å². The van der Waals surface area contributed by atoms with Crippen LogP contribution in [0.2, 0.25) is 0 Å². The molecule has 79 heavy (non-hydrogen) atoms. The average molecular weight is 1100 g/mol. The highest BCUT2D eigenvalue weighted by Gasteiger charge is 2.46. The average Bonchev–Trinajstić information content (AvgIpc) is 3.95. The summed E-state index contributed by atoms with van der Waals surface area (Å²) in [6.45, 7) is 19.7. The van der Waals surface area contributed by atoms with Crippen molar-refractivity contribution in [2.75, 3.05) is 34.7 Å². The number of nitrogens with zero attached hydrogens (tertiary/aromatic N) is 5. The smallest absolute Gasteiger partial charge is 0.332 e. The summed E-state index contributed by atoms with van der Waals surface area (Å²) < 4.78 is 6.09. The van der Waals surface area contributed by atoms with E-state index in [4.69, 9.17) is 4.74 Å². The van der Waals surface area contributed by atoms with Crippen molar-refractivity contribution in [2.24, 2.45) is 29.6 Å². The zero-order valence-corrected chi connectivity index (χ0v) is 49.6. The van der Waals surface area contributed by atoms with E-state index in [1.54, 1.807) is 60.6 Å². The van der Waals surface area contributed by atoms with Crippen LogP contribution < -0.4 is 16.0 Å². The molecular formula is C60H92N8O11. The molecule has 2 aliphatic rings. The summed E-state index contributed by atoms with van der Waals surface area (Å²) >= 11 is 0. The molecule has 2 aromatic carbocycles. The number of amides is 8. The fourth-order valence-corrected chi connectivity index (χ4v) is 10.9. The predicted molar refractivity (Wildman–Crippen MR) is 301 cm³/mol. The molecule has 0 radical (unpaired) electrons. The SMILES string of the molecule is CC[C@H](C)[C@@H]1NC(=O)C2CCCN2C(=O)[C@H](Cc2ccccc2)N(C)C(=O)[C@H](Cc2ccccc2)NC(=O)[C@H](C(C)C)N(C)C(=O)[C@@H]([C@@H](C)CC)OC(=O)[C@@H]([C@@H](O)CC)N(C)C(=O)[C@H](CC(C)C)NC(=O)[C@H](C(C)C)N(C)C1=O. The van der Waals surface area contributed by atoms with Gasteiger partial charge in [-0.3, -0.25) is 38.4 Å². The first kappa shape index (κ1) is 65.2. The van der Waals surface area contributed by atoms with Gasteiger partial charge in [0.1, 0.15) is 42.3 Å². The maximum atomic E-state index is 15.3. The molecule has 19 heteroatoms. The van der Waals surface area contributed by atoms with Gasteiger partial charge in [0.25, 0.3) is 5.91 Å². The Hall–Kier alpha value is -6.37. The number of benzene rings is 2. The highest BCUT2D eigenvalue weighted by molar-refractivity contribution is 5.99. The Kier molecular flexibility index (Phi) is 24.5. The summed E-state index contributed by atoms with van der Waals surface area (Å²) in [7, 11) is 5.69. The van der Waals surface area contributed by atoms with Gasteiger partial charge in [-0.2, -0.15) is 0 Å². The number of aliphatic hydroxyl groups is 1. The van der Waals surface area contributed by atoms with Gasteiger partial charge in [0.05, 0.1) is 6.10 Å². The summed E-state index contributed by atoms with van der Waals surface area (Å²) in [6, 6.07) is 8.23. The van der Waals surface area contributed by atoms with E-state index in [-0.39, 0.29) is 44.6 Å². The van der Waals surface area contributed by atoms with Crippen LogP contribution in [0, 0.1) is 29.6 Å². The molecule has 2 heterocycles. The first-order chi connectivity index (χ1) is 37.2. The van der Waals surface area contributed by atoms with E-state index in [0.29, 0.717) is 24.8 Å². The molecule has 4 N–H and O–H groups in total. The molecule has 2 saturated heterocycles. The van der Waals surface area contributed by atoms with Crippen molar-refractivity contribution in [3.63, 3.8) is 0 Å². The zero-order chi connectivity index (χ0) is 59.2. The predicted octanol–water partition coefficient (Wildman–Crippen LogP) is 4.37. The molecule has 0 aromatic heterocycles. The number of ether oxygens (including phenoxy) is 1. The van der Waals surface area contributed by atoms with Gasteiger partial charge in [0.2, 0.25) is 41.4 Å². The van der Waals surface area contributed by atoms with Gasteiger partial charge in [0.15, 0.2) is 12.1 Å². The lowest BCUT2D eigenvalue weighted by Crippen LogP contribution is -2.62. The molecule has 2 aliphatic heterocycles. The van der Waals surface area contributed by atoms with Gasteiger partial charge in [0, 0.05) is 53.5 Å². The van der Waals surface area contributed by atoms with E-state index in [9.17, 15) is 38.7 Å². The number of carbonyl (C=O) groups excluding carboxylic acids is 9. The third-order valence-corrected chi connectivity index (χ3v) is 16.0. The van der Waals surface area contributed by atoms with Crippen LogP contribution >= 0.6 is 0 Å². The van der Waals surface area contributed by atoms with Crippen molar-refractivity contribution in [2.45, 2.75) is 188 Å². The molecule has 0 aliphatic carbocycles. The minimum atomic E-state index is -1.65. The fraction of sp³-hybridized carbons (Fsp3) is 0.650. The maximum absolute atomic E-state index is 15.3. The van der Waals surface area contributed by atoms with E-state index in [2.05, 4.69) is 16.0 Å². The Bertz CT molecular complexity index is 2400. The molecule has 0 bridgehead atoms. The number of nitrogens with one attached hydrogen (secondary N) is 3. The van der Waals surface area contributed by atoms with E-state index >= 15 is 9.59 Å². The van der Waals surface area contributed by atoms with Gasteiger partial charge in [-0.25, -0.2) is 4.79 Å². The van der Waals surface area contributed by atoms with Crippen LogP contribution in [0.1, 0.15) is 126 Å². The number of fused-ring (bicyclic) bond motifs is 1. The number of rotatable bonds is 14. The van der Waals surface area contributed by atoms with Crippen LogP contribution in [0.3, 0.4) is 0 Å². The summed E-state index contributed by atoms with van der Waals surface area (Å²) in [5.41, 5.74) is 1.42. The summed E-state index contributed by atoms with van der Waals surface area (Å²) in [4.78, 5) is 140. The zero-order valence-electron chi connectivity index (χ0n) is 49.6. The second kappa shape index (κ2) is 29.7. The molecule has 2 fully saturated rings. The number of cyclic esters (lactones) is 1. The quantitative estimate of drug-likeness (QED) is 0.194. The van der Waals surface area contributed by atoms with Crippen molar-refractivity contribution in [3.8, 4) is 0 Å². The van der Waals surface area contributed by atoms with Crippen LogP contribution in [0.25, 0.3) is 0 Å². The van der Waals surface area contributed by atoms with E-state index in [0.717, 1.165) is 10.5 Å². The van der Waals surface area contributed by atoms with Gasteiger partial charge in [-0.05, 0) is 66.9 Å². The first-order valence-corrected chi connectivity index (χ1v) is 28.5. The molecule has 8 amide bonds. The lowest BCUT2D eigenvalue weighted by molar-refractivity contribution is -0.174. The minimum absolute atomic E-state index is 0.00397. The molecule has 4 rings (SSSR count). The van der Waals surface area contributed by atoms with E-state index in [1.165, 1.54) is 47.8 Å². The number of hydrogen-bond acceptors (Lipinski definition) is 11. The molecule has 0 spiro atoms. The fourth-order valence-electron chi connectivity index (χ4n) is 10.9. The number of aliphatic hydroxyl groups excluding tert-OH is 1. The van der Waals surface area contributed by atoms with Gasteiger partial charge >= 0.3 is 5.97 Å². The van der Waals surface area contributed by atoms with Crippen molar-refractivity contribution < 1.29 is 53.0 Å². The topological polar surface area (TPSA) is 235 Å². The number of esters is 1. The summed E-state index contributed by atoms with van der Waals surface area (Å²) in [5, 5.41) is 20.3. The molecule has 19 nitrogen and oxygen atoms in total. The van der Waals surface area contributed by atoms with Crippen LogP contribution in [0.15, 0.2) is 60.7 Å². The maximum Gasteiger partial charge on any atom is 0.332 e. The Morgan fingerprint density at radius 1 is 0.544 bits per heavy atom. The molecular weight excluding hydrogens is 1010 g/mol. The third kappa shape index (κ3) is 16.4. The molecule has 2 aromatic rings. The Labute approximate surface area is 469 Å². The van der Waals surface area contributed by atoms with Crippen LogP contribution in [-0.2, 0) is 60.7 Å². The van der Waals surface area contributed by atoms with Crippen molar-refractivity contribution in [1.82, 2.24) is 40.4 Å². The Morgan fingerprint density at radius 2 is 1.03 bits per heavy atom. The molecule has 12 atom stereocenters. The number of hydrogen-bond donors (Lipinski definition) is 4. The van der Waals surface area contributed by atoms with Crippen molar-refractivity contribution in [1.29, 1.82) is 0 Å². The number of likely N-dealkylation sites (N-methyl/N-ethyl adjacent to an activating group) is 4. The second-order valence-electron chi connectivity index (χ2n) is 23.0. The first-order valence-electron chi connectivity index (χ1n) is 28.5. The highest BCUT2D eigenvalue weighted by atomic mass is 16.6. The lowest BCUT2D eigenvalue weighted by Gasteiger charge is -2.38. The third-order valence-electron chi connectivity index (χ3n) is 16.0. The molecule has 0 saturated carbocycles. The standard InChI is InChI=1S/C60H92N8O11/c1-16-38(10)47-58(76)65(13)48(36(6)7)53(71)61-42(32-35(4)5)56(74)67(15)50(46(69)18-3)60(78)79-51(39(11)17-2)59(77)66(14)49(37(8)9)54(72)62-43(33-40-26-21-19-22-27-40)55(73)64(12)45(34-41-28-23-20-24-29-41)57(75)68-31-25-30-44(68)52(70)63-47/h19-24,26-29,35-39,42-51,69H,16-18,25,30-34H2,1-15H3,(H,61,71)(H,62,72)(H,63,70)/t38-,39-,42-,43-,44?,45-,46-,47-,48-,49-,50+,51+/m0/s1. The van der Waals surface area contributed by atoms with Gasteiger partial charge in [-0.15, -0.1) is 0 Å². The van der Waals surface area contributed by atoms with E-state index < -0.39 is 137 Å². The normalized spacial score (nSPS) is 26.7. The highest BCUT2D eigenvalue weighted by Crippen LogP contribution is 2.26. The minimum Gasteiger partial charge on any atom is -0.450 e. The second-order valence-corrected chi connectivity index (χ2v) is 23.0. The van der Waals surface area contributed by atoms with Gasteiger partial charge in [-0.1, -0.05) is 143 Å². The Balaban J connectivity index is 1.97. The molecule has 438 valence electrons.